The molecule has 3 rings (SSSR count). The summed E-state index contributed by atoms with van der Waals surface area (Å²) in [5, 5.41) is 11.9. The molecule has 1 saturated heterocycles. The molecule has 150 valence electrons. The smallest absolute Gasteiger partial charge is 0.294 e. The highest BCUT2D eigenvalue weighted by molar-refractivity contribution is 8.18. The summed E-state index contributed by atoms with van der Waals surface area (Å²) in [6.07, 6.45) is 1.50. The van der Waals surface area contributed by atoms with E-state index in [1.54, 1.807) is 6.07 Å². The predicted molar refractivity (Wildman–Crippen MR) is 115 cm³/mol. The fraction of sp³-hybridized carbons (Fsp3) is 0.190. The monoisotopic (exact) mass is 430 g/mol. The maximum absolute atomic E-state index is 12.6. The second kappa shape index (κ2) is 8.31. The fourth-order valence-corrected chi connectivity index (χ4v) is 4.13. The van der Waals surface area contributed by atoms with Crippen molar-refractivity contribution in [1.82, 2.24) is 4.90 Å². The lowest BCUT2D eigenvalue weighted by Gasteiger charge is -2.15. The van der Waals surface area contributed by atoms with Crippen LogP contribution in [0.3, 0.4) is 0 Å². The van der Waals surface area contributed by atoms with Gasteiger partial charge < -0.3 is 10.4 Å². The van der Waals surface area contributed by atoms with Gasteiger partial charge in [-0.3, -0.25) is 19.3 Å². The van der Waals surface area contributed by atoms with Crippen LogP contribution in [-0.4, -0.2) is 33.6 Å². The minimum absolute atomic E-state index is 0.0738. The maximum Gasteiger partial charge on any atom is 0.294 e. The lowest BCUT2D eigenvalue weighted by atomic mass is 10.1. The van der Waals surface area contributed by atoms with Crippen molar-refractivity contribution in [3.05, 3.63) is 62.5 Å². The first-order valence-electron chi connectivity index (χ1n) is 8.77. The van der Waals surface area contributed by atoms with Crippen molar-refractivity contribution in [2.75, 3.05) is 11.9 Å². The number of aryl methyl sites for hydroxylation is 3. The third-order valence-corrected chi connectivity index (χ3v) is 5.60. The van der Waals surface area contributed by atoms with Gasteiger partial charge in [0, 0.05) is 5.69 Å². The summed E-state index contributed by atoms with van der Waals surface area (Å²) in [7, 11) is 0. The van der Waals surface area contributed by atoms with Gasteiger partial charge in [-0.25, -0.2) is 0 Å². The van der Waals surface area contributed by atoms with Gasteiger partial charge in [0.1, 0.15) is 12.3 Å². The lowest BCUT2D eigenvalue weighted by Crippen LogP contribution is -2.36. The van der Waals surface area contributed by atoms with Crippen molar-refractivity contribution >= 4 is 52.2 Å². The van der Waals surface area contributed by atoms with Crippen molar-refractivity contribution in [2.45, 2.75) is 20.8 Å². The number of nitrogens with one attached hydrogen (secondary N) is 1. The second-order valence-electron chi connectivity index (χ2n) is 6.80. The SMILES string of the molecule is Cc1cc(C)c(NC(=O)CN2C(=O)S/C(=C/c3ccc(O)c(Cl)c3)C2=O)c(C)c1. The van der Waals surface area contributed by atoms with Crippen LogP contribution in [-0.2, 0) is 9.59 Å². The van der Waals surface area contributed by atoms with Crippen molar-refractivity contribution in [1.29, 1.82) is 0 Å². The van der Waals surface area contributed by atoms with Crippen LogP contribution >= 0.6 is 23.4 Å². The molecule has 1 aliphatic rings. The topological polar surface area (TPSA) is 86.7 Å². The number of rotatable bonds is 4. The Labute approximate surface area is 177 Å². The van der Waals surface area contributed by atoms with Crippen LogP contribution in [0.15, 0.2) is 35.2 Å². The van der Waals surface area contributed by atoms with Crippen LogP contribution in [0, 0.1) is 20.8 Å². The van der Waals surface area contributed by atoms with E-state index in [1.807, 2.05) is 32.9 Å². The third kappa shape index (κ3) is 4.63. The molecule has 29 heavy (non-hydrogen) atoms. The van der Waals surface area contributed by atoms with E-state index in [2.05, 4.69) is 5.32 Å². The Hall–Kier alpha value is -2.77. The Balaban J connectivity index is 1.74. The summed E-state index contributed by atoms with van der Waals surface area (Å²) in [6.45, 7) is 5.38. The quantitative estimate of drug-likeness (QED) is 0.689. The van der Waals surface area contributed by atoms with Crippen LogP contribution in [0.25, 0.3) is 6.08 Å². The number of carbonyl (C=O) groups excluding carboxylic acids is 3. The molecule has 0 bridgehead atoms. The Kier molecular flexibility index (Phi) is 6.00. The number of amides is 3. The van der Waals surface area contributed by atoms with E-state index in [-0.39, 0.29) is 22.2 Å². The van der Waals surface area contributed by atoms with E-state index in [1.165, 1.54) is 18.2 Å². The number of hydrogen-bond donors (Lipinski definition) is 2. The number of carbonyl (C=O) groups is 3. The number of aromatic hydroxyl groups is 1. The minimum atomic E-state index is -0.545. The predicted octanol–water partition coefficient (Wildman–Crippen LogP) is 4.65. The Morgan fingerprint density at radius 2 is 1.83 bits per heavy atom. The van der Waals surface area contributed by atoms with E-state index in [9.17, 15) is 19.5 Å². The summed E-state index contributed by atoms with van der Waals surface area (Å²) in [4.78, 5) is 38.4. The largest absolute Gasteiger partial charge is 0.506 e. The maximum atomic E-state index is 12.6. The number of thioether (sulfide) groups is 1. The third-order valence-electron chi connectivity index (χ3n) is 4.39. The number of benzene rings is 2. The second-order valence-corrected chi connectivity index (χ2v) is 8.20. The van der Waals surface area contributed by atoms with E-state index in [0.29, 0.717) is 11.3 Å². The molecule has 0 spiro atoms. The first-order chi connectivity index (χ1) is 13.7. The van der Waals surface area contributed by atoms with Crippen LogP contribution in [0.1, 0.15) is 22.3 Å². The average Bonchev–Trinajstić information content (AvgIpc) is 2.88. The standard InChI is InChI=1S/C21H19ClN2O4S/c1-11-6-12(2)19(13(3)7-11)23-18(26)10-24-20(27)17(29-21(24)28)9-14-4-5-16(25)15(22)8-14/h4-9,25H,10H2,1-3H3,(H,23,26)/b17-9+. The number of nitrogens with zero attached hydrogens (tertiary/aromatic N) is 1. The first-order valence-corrected chi connectivity index (χ1v) is 9.96. The van der Waals surface area contributed by atoms with Crippen molar-refractivity contribution < 1.29 is 19.5 Å². The van der Waals surface area contributed by atoms with Gasteiger partial charge in [0.2, 0.25) is 5.91 Å². The number of halogens is 1. The van der Waals surface area contributed by atoms with Crippen molar-refractivity contribution in [3.8, 4) is 5.75 Å². The van der Waals surface area contributed by atoms with Crippen LogP contribution < -0.4 is 5.32 Å². The van der Waals surface area contributed by atoms with Gasteiger partial charge in [-0.05, 0) is 67.4 Å². The number of anilines is 1. The molecular formula is C21H19ClN2O4S. The Bertz CT molecular complexity index is 1040. The van der Waals surface area contributed by atoms with Crippen molar-refractivity contribution in [3.63, 3.8) is 0 Å². The van der Waals surface area contributed by atoms with Gasteiger partial charge in [0.25, 0.3) is 11.1 Å². The molecular weight excluding hydrogens is 412 g/mol. The number of phenols is 1. The fourth-order valence-electron chi connectivity index (χ4n) is 3.10. The molecule has 2 N–H and O–H groups in total. The number of hydrogen-bond acceptors (Lipinski definition) is 5. The van der Waals surface area contributed by atoms with Crippen LogP contribution in [0.5, 0.6) is 5.75 Å². The van der Waals surface area contributed by atoms with Gasteiger partial charge in [0.15, 0.2) is 0 Å². The molecule has 0 aromatic heterocycles. The van der Waals surface area contributed by atoms with E-state index >= 15 is 0 Å². The molecule has 1 heterocycles. The van der Waals surface area contributed by atoms with Gasteiger partial charge in [-0.1, -0.05) is 35.4 Å². The molecule has 0 saturated carbocycles. The molecule has 0 aliphatic carbocycles. The summed E-state index contributed by atoms with van der Waals surface area (Å²) >= 11 is 6.63. The lowest BCUT2D eigenvalue weighted by molar-refractivity contribution is -0.127. The molecule has 6 nitrogen and oxygen atoms in total. The summed E-state index contributed by atoms with van der Waals surface area (Å²) in [5.41, 5.74) is 4.15. The van der Waals surface area contributed by atoms with Crippen molar-refractivity contribution in [2.24, 2.45) is 0 Å². The zero-order chi connectivity index (χ0) is 21.3. The Morgan fingerprint density at radius 1 is 1.17 bits per heavy atom. The first kappa shape index (κ1) is 21.0. The summed E-state index contributed by atoms with van der Waals surface area (Å²) in [5.74, 6) is -1.07. The zero-order valence-electron chi connectivity index (χ0n) is 16.1. The number of imide groups is 1. The summed E-state index contributed by atoms with van der Waals surface area (Å²) in [6, 6.07) is 8.37. The summed E-state index contributed by atoms with van der Waals surface area (Å²) < 4.78 is 0. The van der Waals surface area contributed by atoms with E-state index < -0.39 is 17.1 Å². The average molecular weight is 431 g/mol. The Morgan fingerprint density at radius 3 is 2.45 bits per heavy atom. The normalized spacial score (nSPS) is 15.3. The zero-order valence-corrected chi connectivity index (χ0v) is 17.6. The van der Waals surface area contributed by atoms with Gasteiger partial charge in [0.05, 0.1) is 9.93 Å². The number of phenolic OH excluding ortho intramolecular Hbond substituents is 1. The molecule has 0 radical (unpaired) electrons. The molecule has 2 aromatic carbocycles. The highest BCUT2D eigenvalue weighted by atomic mass is 35.5. The molecule has 1 fully saturated rings. The van der Waals surface area contributed by atoms with Gasteiger partial charge in [-0.2, -0.15) is 0 Å². The van der Waals surface area contributed by atoms with E-state index in [4.69, 9.17) is 11.6 Å². The minimum Gasteiger partial charge on any atom is -0.506 e. The van der Waals surface area contributed by atoms with E-state index in [0.717, 1.165) is 33.4 Å². The van der Waals surface area contributed by atoms with Gasteiger partial charge >= 0.3 is 0 Å². The molecule has 1 aliphatic heterocycles. The molecule has 3 amide bonds. The van der Waals surface area contributed by atoms with Crippen LogP contribution in [0.2, 0.25) is 5.02 Å². The molecule has 0 unspecified atom stereocenters. The molecule has 8 heteroatoms. The van der Waals surface area contributed by atoms with Crippen LogP contribution in [0.4, 0.5) is 10.5 Å². The molecule has 0 atom stereocenters. The highest BCUT2D eigenvalue weighted by Crippen LogP contribution is 2.33. The highest BCUT2D eigenvalue weighted by Gasteiger charge is 2.36. The molecule has 2 aromatic rings. The van der Waals surface area contributed by atoms with Gasteiger partial charge in [-0.15, -0.1) is 0 Å².